The molecule has 1 aliphatic heterocycles. The average molecular weight is 409 g/mol. The molecule has 2 aromatic rings. The van der Waals surface area contributed by atoms with Crippen LogP contribution in [0.1, 0.15) is 18.1 Å². The first kappa shape index (κ1) is 21.5. The number of carbonyl (C=O) groups is 3. The molecule has 7 nitrogen and oxygen atoms in total. The molecule has 0 saturated carbocycles. The van der Waals surface area contributed by atoms with Gasteiger partial charge in [0.1, 0.15) is 18.1 Å². The molecule has 1 heterocycles. The monoisotopic (exact) mass is 409 g/mol. The number of amides is 2. The summed E-state index contributed by atoms with van der Waals surface area (Å²) in [5.41, 5.74) is 1.91. The topological polar surface area (TPSA) is 87.5 Å². The third kappa shape index (κ3) is 5.45. The SMILES string of the molecule is CCOC(=O)[C@@H]1[C@@H](C(=O)N[C@@H](Cc2ccccc2)C(=O)NCc2ccccc2)N1C. The van der Waals surface area contributed by atoms with Crippen LogP contribution in [0.25, 0.3) is 0 Å². The van der Waals surface area contributed by atoms with Crippen LogP contribution in [0.2, 0.25) is 0 Å². The molecule has 30 heavy (non-hydrogen) atoms. The minimum atomic E-state index is -0.750. The van der Waals surface area contributed by atoms with Crippen LogP contribution in [-0.4, -0.2) is 54.5 Å². The van der Waals surface area contributed by atoms with E-state index < -0.39 is 24.1 Å². The second-order valence-corrected chi connectivity index (χ2v) is 7.26. The Morgan fingerprint density at radius 3 is 2.17 bits per heavy atom. The highest BCUT2D eigenvalue weighted by atomic mass is 16.5. The third-order valence-electron chi connectivity index (χ3n) is 5.11. The molecule has 0 aliphatic carbocycles. The molecule has 2 aromatic carbocycles. The average Bonchev–Trinajstić information content (AvgIpc) is 3.44. The number of nitrogens with one attached hydrogen (secondary N) is 2. The van der Waals surface area contributed by atoms with E-state index in [1.807, 2.05) is 60.7 Å². The van der Waals surface area contributed by atoms with Gasteiger partial charge in [0.15, 0.2) is 0 Å². The lowest BCUT2D eigenvalue weighted by molar-refractivity contribution is -0.143. The van der Waals surface area contributed by atoms with Crippen LogP contribution in [0.5, 0.6) is 0 Å². The summed E-state index contributed by atoms with van der Waals surface area (Å²) in [5.74, 6) is -1.05. The van der Waals surface area contributed by atoms with Gasteiger partial charge in [-0.3, -0.25) is 19.3 Å². The highest BCUT2D eigenvalue weighted by Crippen LogP contribution is 2.27. The molecule has 0 aromatic heterocycles. The summed E-state index contributed by atoms with van der Waals surface area (Å²) in [4.78, 5) is 39.3. The zero-order chi connectivity index (χ0) is 21.5. The smallest absolute Gasteiger partial charge is 0.325 e. The van der Waals surface area contributed by atoms with E-state index in [4.69, 9.17) is 4.74 Å². The van der Waals surface area contributed by atoms with Gasteiger partial charge in [-0.2, -0.15) is 0 Å². The zero-order valence-corrected chi connectivity index (χ0v) is 17.2. The number of ether oxygens (including phenoxy) is 1. The predicted octanol–water partition coefficient (Wildman–Crippen LogP) is 1.28. The van der Waals surface area contributed by atoms with E-state index in [9.17, 15) is 14.4 Å². The number of carbonyl (C=O) groups excluding carboxylic acids is 3. The van der Waals surface area contributed by atoms with Gasteiger partial charge in [0, 0.05) is 13.0 Å². The van der Waals surface area contributed by atoms with Crippen LogP contribution in [0.4, 0.5) is 0 Å². The molecule has 7 heteroatoms. The molecule has 158 valence electrons. The summed E-state index contributed by atoms with van der Waals surface area (Å²) < 4.78 is 5.01. The second-order valence-electron chi connectivity index (χ2n) is 7.26. The predicted molar refractivity (Wildman–Crippen MR) is 112 cm³/mol. The van der Waals surface area contributed by atoms with Gasteiger partial charge in [-0.15, -0.1) is 0 Å². The van der Waals surface area contributed by atoms with Gasteiger partial charge in [0.05, 0.1) is 6.61 Å². The summed E-state index contributed by atoms with van der Waals surface area (Å²) >= 11 is 0. The molecule has 0 radical (unpaired) electrons. The highest BCUT2D eigenvalue weighted by Gasteiger charge is 2.55. The summed E-state index contributed by atoms with van der Waals surface area (Å²) in [6.07, 6.45) is 0.355. The Labute approximate surface area is 176 Å². The number of rotatable bonds is 9. The summed E-state index contributed by atoms with van der Waals surface area (Å²) in [7, 11) is 1.69. The van der Waals surface area contributed by atoms with E-state index in [2.05, 4.69) is 10.6 Å². The van der Waals surface area contributed by atoms with Gasteiger partial charge in [-0.05, 0) is 25.1 Å². The standard InChI is InChI=1S/C23H27N3O4/c1-3-30-23(29)20-19(26(20)2)22(28)25-18(14-16-10-6-4-7-11-16)21(27)24-15-17-12-8-5-9-13-17/h4-13,18-20H,3,14-15H2,1-2H3,(H,24,27)(H,25,28)/t18-,19-,20-,26?/m0/s1. The van der Waals surface area contributed by atoms with E-state index in [1.54, 1.807) is 18.9 Å². The van der Waals surface area contributed by atoms with Crippen molar-refractivity contribution in [1.29, 1.82) is 0 Å². The van der Waals surface area contributed by atoms with Gasteiger partial charge in [0.25, 0.3) is 0 Å². The van der Waals surface area contributed by atoms with E-state index in [0.717, 1.165) is 11.1 Å². The fourth-order valence-corrected chi connectivity index (χ4v) is 3.41. The van der Waals surface area contributed by atoms with E-state index in [1.165, 1.54) is 0 Å². The van der Waals surface area contributed by atoms with Crippen molar-refractivity contribution in [3.05, 3.63) is 71.8 Å². The zero-order valence-electron chi connectivity index (χ0n) is 17.2. The van der Waals surface area contributed by atoms with Crippen LogP contribution < -0.4 is 10.6 Å². The Kier molecular flexibility index (Phi) is 7.19. The number of nitrogens with zero attached hydrogens (tertiary/aromatic N) is 1. The molecule has 1 unspecified atom stereocenters. The Morgan fingerprint density at radius 2 is 1.57 bits per heavy atom. The number of esters is 1. The Balaban J connectivity index is 1.65. The van der Waals surface area contributed by atoms with Crippen LogP contribution in [-0.2, 0) is 32.1 Å². The normalized spacial score (nSPS) is 20.7. The first-order chi connectivity index (χ1) is 14.5. The number of hydrogen-bond donors (Lipinski definition) is 2. The first-order valence-electron chi connectivity index (χ1n) is 10.1. The summed E-state index contributed by atoms with van der Waals surface area (Å²) in [6.45, 7) is 2.36. The van der Waals surface area contributed by atoms with Crippen molar-refractivity contribution < 1.29 is 19.1 Å². The van der Waals surface area contributed by atoms with Gasteiger partial charge in [-0.25, -0.2) is 0 Å². The van der Waals surface area contributed by atoms with Crippen LogP contribution >= 0.6 is 0 Å². The molecular weight excluding hydrogens is 382 g/mol. The van der Waals surface area contributed by atoms with Crippen molar-refractivity contribution in [2.75, 3.05) is 13.7 Å². The van der Waals surface area contributed by atoms with Crippen molar-refractivity contribution in [1.82, 2.24) is 15.5 Å². The number of likely N-dealkylation sites (N-methyl/N-ethyl adjacent to an activating group) is 1. The Bertz CT molecular complexity index is 873. The lowest BCUT2D eigenvalue weighted by Crippen LogP contribution is -2.49. The lowest BCUT2D eigenvalue weighted by atomic mass is 10.0. The number of benzene rings is 2. The van der Waals surface area contributed by atoms with Crippen LogP contribution in [0.15, 0.2) is 60.7 Å². The first-order valence-corrected chi connectivity index (χ1v) is 10.1. The third-order valence-corrected chi connectivity index (χ3v) is 5.11. The number of hydrogen-bond acceptors (Lipinski definition) is 5. The summed E-state index contributed by atoms with van der Waals surface area (Å²) in [6, 6.07) is 17.1. The molecule has 1 aliphatic rings. The van der Waals surface area contributed by atoms with Crippen molar-refractivity contribution in [2.45, 2.75) is 38.0 Å². The Hall–Kier alpha value is -3.19. The van der Waals surface area contributed by atoms with Gasteiger partial charge >= 0.3 is 5.97 Å². The molecule has 0 spiro atoms. The maximum absolute atomic E-state index is 12.9. The molecule has 2 N–H and O–H groups in total. The van der Waals surface area contributed by atoms with Gasteiger partial charge in [-0.1, -0.05) is 60.7 Å². The quantitative estimate of drug-likeness (QED) is 0.481. The van der Waals surface area contributed by atoms with Crippen molar-refractivity contribution >= 4 is 17.8 Å². The van der Waals surface area contributed by atoms with Crippen molar-refractivity contribution in [2.24, 2.45) is 0 Å². The maximum atomic E-state index is 12.9. The van der Waals surface area contributed by atoms with E-state index in [0.29, 0.717) is 13.0 Å². The molecule has 1 saturated heterocycles. The van der Waals surface area contributed by atoms with Gasteiger partial charge < -0.3 is 15.4 Å². The van der Waals surface area contributed by atoms with E-state index in [-0.39, 0.29) is 18.4 Å². The highest BCUT2D eigenvalue weighted by molar-refractivity contribution is 5.97. The van der Waals surface area contributed by atoms with Crippen LogP contribution in [0, 0.1) is 0 Å². The molecule has 4 atom stereocenters. The fraction of sp³-hybridized carbons (Fsp3) is 0.348. The van der Waals surface area contributed by atoms with E-state index >= 15 is 0 Å². The molecule has 0 bridgehead atoms. The van der Waals surface area contributed by atoms with Gasteiger partial charge in [0.2, 0.25) is 11.8 Å². The second kappa shape index (κ2) is 10.0. The van der Waals surface area contributed by atoms with Crippen LogP contribution in [0.3, 0.4) is 0 Å². The summed E-state index contributed by atoms with van der Waals surface area (Å²) in [5, 5.41) is 5.71. The largest absolute Gasteiger partial charge is 0.465 e. The van der Waals surface area contributed by atoms with Crippen molar-refractivity contribution in [3.63, 3.8) is 0 Å². The minimum absolute atomic E-state index is 0.260. The maximum Gasteiger partial charge on any atom is 0.325 e. The van der Waals surface area contributed by atoms with Crippen molar-refractivity contribution in [3.8, 4) is 0 Å². The molecule has 1 fully saturated rings. The lowest BCUT2D eigenvalue weighted by Gasteiger charge is -2.19. The minimum Gasteiger partial charge on any atom is -0.465 e. The molecular formula is C23H27N3O4. The molecule has 3 rings (SSSR count). The Morgan fingerprint density at radius 1 is 0.967 bits per heavy atom. The molecule has 2 amide bonds. The fourth-order valence-electron chi connectivity index (χ4n) is 3.41.